The summed E-state index contributed by atoms with van der Waals surface area (Å²) in [7, 11) is 0. The van der Waals surface area contributed by atoms with Gasteiger partial charge in [0.1, 0.15) is 0 Å². The van der Waals surface area contributed by atoms with E-state index in [-0.39, 0.29) is 11.2 Å². The van der Waals surface area contributed by atoms with E-state index in [0.717, 1.165) is 11.3 Å². The first-order valence-corrected chi connectivity index (χ1v) is 5.47. The third-order valence-corrected chi connectivity index (χ3v) is 3.53. The Morgan fingerprint density at radius 3 is 2.54 bits per heavy atom. The van der Waals surface area contributed by atoms with Crippen molar-refractivity contribution < 1.29 is 4.79 Å². The van der Waals surface area contributed by atoms with Gasteiger partial charge in [0.15, 0.2) is 5.78 Å². The molecule has 0 bridgehead atoms. The Morgan fingerprint density at radius 1 is 1.54 bits per heavy atom. The molecule has 0 aliphatic rings. The van der Waals surface area contributed by atoms with Crippen molar-refractivity contribution in [3.05, 3.63) is 21.3 Å². The third-order valence-electron chi connectivity index (χ3n) is 2.30. The minimum Gasteiger partial charge on any atom is -0.293 e. The number of rotatable bonds is 3. The fourth-order valence-electron chi connectivity index (χ4n) is 0.930. The van der Waals surface area contributed by atoms with Crippen LogP contribution in [0.25, 0.3) is 0 Å². The molecule has 1 aromatic heterocycles. The Labute approximate surface area is 87.7 Å². The molecule has 0 spiro atoms. The summed E-state index contributed by atoms with van der Waals surface area (Å²) in [6.45, 7) is 5.94. The fraction of sp³-hybridized carbons (Fsp3) is 0.500. The molecule has 1 aromatic rings. The fourth-order valence-corrected chi connectivity index (χ4v) is 2.09. The maximum absolute atomic E-state index is 11.9. The number of ketones is 1. The molecule has 72 valence electrons. The quantitative estimate of drug-likeness (QED) is 0.698. The second kappa shape index (κ2) is 3.81. The number of halogens is 1. The molecule has 0 saturated heterocycles. The first-order valence-electron chi connectivity index (χ1n) is 4.27. The van der Waals surface area contributed by atoms with E-state index in [0.29, 0.717) is 4.34 Å². The molecule has 1 rings (SSSR count). The van der Waals surface area contributed by atoms with Crippen molar-refractivity contribution in [3.8, 4) is 0 Å². The van der Waals surface area contributed by atoms with E-state index in [1.54, 1.807) is 12.1 Å². The molecule has 0 aromatic carbocycles. The number of carbonyl (C=O) groups excluding carboxylic acids is 1. The van der Waals surface area contributed by atoms with Crippen LogP contribution in [-0.2, 0) is 0 Å². The van der Waals surface area contributed by atoms with Gasteiger partial charge >= 0.3 is 0 Å². The van der Waals surface area contributed by atoms with Crippen molar-refractivity contribution in [1.29, 1.82) is 0 Å². The van der Waals surface area contributed by atoms with E-state index in [1.165, 1.54) is 11.3 Å². The van der Waals surface area contributed by atoms with Crippen molar-refractivity contribution in [1.82, 2.24) is 0 Å². The smallest absolute Gasteiger partial charge is 0.178 e. The monoisotopic (exact) mass is 216 g/mol. The molecular formula is C10H13ClOS. The van der Waals surface area contributed by atoms with E-state index in [1.807, 2.05) is 20.8 Å². The van der Waals surface area contributed by atoms with E-state index in [4.69, 9.17) is 11.6 Å². The summed E-state index contributed by atoms with van der Waals surface area (Å²) in [4.78, 5) is 12.6. The molecule has 1 heterocycles. The lowest BCUT2D eigenvalue weighted by Gasteiger charge is -2.19. The average Bonchev–Trinajstić information content (AvgIpc) is 2.50. The molecular weight excluding hydrogens is 204 g/mol. The van der Waals surface area contributed by atoms with Gasteiger partial charge in [-0.15, -0.1) is 11.3 Å². The lowest BCUT2D eigenvalue weighted by Crippen LogP contribution is -2.22. The summed E-state index contributed by atoms with van der Waals surface area (Å²) in [6, 6.07) is 3.57. The van der Waals surface area contributed by atoms with Gasteiger partial charge in [-0.1, -0.05) is 32.4 Å². The Balaban J connectivity index is 2.91. The molecule has 3 heteroatoms. The van der Waals surface area contributed by atoms with Crippen LogP contribution in [-0.4, -0.2) is 5.78 Å². The molecule has 0 radical (unpaired) electrons. The van der Waals surface area contributed by atoms with E-state index in [2.05, 4.69) is 0 Å². The Bertz CT molecular complexity index is 314. The van der Waals surface area contributed by atoms with E-state index < -0.39 is 0 Å². The number of thiophene rings is 1. The maximum atomic E-state index is 11.9. The summed E-state index contributed by atoms with van der Waals surface area (Å²) in [5, 5.41) is 0. The van der Waals surface area contributed by atoms with Gasteiger partial charge in [0.05, 0.1) is 9.21 Å². The van der Waals surface area contributed by atoms with Crippen molar-refractivity contribution >= 4 is 28.7 Å². The zero-order chi connectivity index (χ0) is 10.1. The standard InChI is InChI=1S/C10H13ClOS/c1-4-10(2,3)9(12)7-5-6-8(11)13-7/h5-6H,4H2,1-3H3. The molecule has 0 unspecified atom stereocenters. The lowest BCUT2D eigenvalue weighted by molar-refractivity contribution is 0.0837. The molecule has 0 amide bonds. The van der Waals surface area contributed by atoms with Crippen LogP contribution in [0.1, 0.15) is 36.9 Å². The highest BCUT2D eigenvalue weighted by Crippen LogP contribution is 2.30. The SMILES string of the molecule is CCC(C)(C)C(=O)c1ccc(Cl)s1. The van der Waals surface area contributed by atoms with E-state index >= 15 is 0 Å². The van der Waals surface area contributed by atoms with Gasteiger partial charge in [-0.2, -0.15) is 0 Å². The normalized spacial score (nSPS) is 11.7. The van der Waals surface area contributed by atoms with Gasteiger partial charge in [-0.25, -0.2) is 0 Å². The Kier molecular flexibility index (Phi) is 3.14. The zero-order valence-corrected chi connectivity index (χ0v) is 9.63. The molecule has 0 aliphatic carbocycles. The first-order chi connectivity index (χ1) is 5.97. The van der Waals surface area contributed by atoms with E-state index in [9.17, 15) is 4.79 Å². The summed E-state index contributed by atoms with van der Waals surface area (Å²) >= 11 is 7.12. The first kappa shape index (κ1) is 10.7. The second-order valence-electron chi connectivity index (χ2n) is 3.67. The van der Waals surface area contributed by atoms with Crippen LogP contribution in [0, 0.1) is 5.41 Å². The van der Waals surface area contributed by atoms with Crippen LogP contribution in [0.3, 0.4) is 0 Å². The van der Waals surface area contributed by atoms with Crippen molar-refractivity contribution in [2.45, 2.75) is 27.2 Å². The largest absolute Gasteiger partial charge is 0.293 e. The summed E-state index contributed by atoms with van der Waals surface area (Å²) in [5.41, 5.74) is -0.270. The highest BCUT2D eigenvalue weighted by molar-refractivity contribution is 7.18. The van der Waals surface area contributed by atoms with Gasteiger partial charge in [-0.3, -0.25) is 4.79 Å². The summed E-state index contributed by atoms with van der Waals surface area (Å²) < 4.78 is 0.676. The molecule has 0 aliphatic heterocycles. The highest BCUT2D eigenvalue weighted by atomic mass is 35.5. The maximum Gasteiger partial charge on any atom is 0.178 e. The summed E-state index contributed by atoms with van der Waals surface area (Å²) in [5.74, 6) is 0.187. The van der Waals surface area contributed by atoms with Crippen molar-refractivity contribution in [2.24, 2.45) is 5.41 Å². The number of Topliss-reactive ketones (excluding diaryl/α,β-unsaturated/α-hetero) is 1. The van der Waals surface area contributed by atoms with Crippen molar-refractivity contribution in [2.75, 3.05) is 0 Å². The van der Waals surface area contributed by atoms with Crippen LogP contribution in [0.5, 0.6) is 0 Å². The number of carbonyl (C=O) groups is 1. The highest BCUT2D eigenvalue weighted by Gasteiger charge is 2.27. The predicted molar refractivity (Wildman–Crippen MR) is 57.7 cm³/mol. The molecule has 0 N–H and O–H groups in total. The lowest BCUT2D eigenvalue weighted by atomic mass is 9.85. The van der Waals surface area contributed by atoms with Crippen LogP contribution >= 0.6 is 22.9 Å². The Hall–Kier alpha value is -0.340. The molecule has 1 nitrogen and oxygen atoms in total. The van der Waals surface area contributed by atoms with Gasteiger partial charge in [0.2, 0.25) is 0 Å². The average molecular weight is 217 g/mol. The number of hydrogen-bond acceptors (Lipinski definition) is 2. The van der Waals surface area contributed by atoms with Gasteiger partial charge in [0.25, 0.3) is 0 Å². The second-order valence-corrected chi connectivity index (χ2v) is 5.39. The predicted octanol–water partition coefficient (Wildman–Crippen LogP) is 4.02. The minimum atomic E-state index is -0.270. The molecule has 0 atom stereocenters. The van der Waals surface area contributed by atoms with Crippen molar-refractivity contribution in [3.63, 3.8) is 0 Å². The van der Waals surface area contributed by atoms with Gasteiger partial charge < -0.3 is 0 Å². The van der Waals surface area contributed by atoms with Gasteiger partial charge in [-0.05, 0) is 18.6 Å². The molecule has 0 fully saturated rings. The molecule has 0 saturated carbocycles. The topological polar surface area (TPSA) is 17.1 Å². The van der Waals surface area contributed by atoms with Crippen LogP contribution in [0.15, 0.2) is 12.1 Å². The summed E-state index contributed by atoms with van der Waals surface area (Å²) in [6.07, 6.45) is 0.849. The Morgan fingerprint density at radius 2 is 2.15 bits per heavy atom. The van der Waals surface area contributed by atoms with Crippen LogP contribution < -0.4 is 0 Å². The van der Waals surface area contributed by atoms with Gasteiger partial charge in [0, 0.05) is 5.41 Å². The zero-order valence-electron chi connectivity index (χ0n) is 8.06. The third kappa shape index (κ3) is 2.32. The van der Waals surface area contributed by atoms with Crippen LogP contribution in [0.2, 0.25) is 4.34 Å². The minimum absolute atomic E-state index is 0.187. The number of hydrogen-bond donors (Lipinski definition) is 0. The molecule has 13 heavy (non-hydrogen) atoms. The van der Waals surface area contributed by atoms with Crippen LogP contribution in [0.4, 0.5) is 0 Å².